The summed E-state index contributed by atoms with van der Waals surface area (Å²) in [5.41, 5.74) is 6.77. The van der Waals surface area contributed by atoms with Crippen LogP contribution in [0.4, 0.5) is 5.13 Å². The van der Waals surface area contributed by atoms with E-state index in [1.807, 2.05) is 0 Å². The molecule has 2 heterocycles. The summed E-state index contributed by atoms with van der Waals surface area (Å²) in [4.78, 5) is 9.90. The zero-order chi connectivity index (χ0) is 14.1. The highest BCUT2D eigenvalue weighted by Gasteiger charge is 2.24. The lowest BCUT2D eigenvalue weighted by Crippen LogP contribution is -2.06. The predicted molar refractivity (Wildman–Crippen MR) is 79.7 cm³/mol. The van der Waals surface area contributed by atoms with Gasteiger partial charge in [0, 0.05) is 5.92 Å². The molecule has 108 valence electrons. The van der Waals surface area contributed by atoms with E-state index in [1.165, 1.54) is 43.4 Å². The van der Waals surface area contributed by atoms with Crippen LogP contribution in [0, 0.1) is 0 Å². The molecule has 6 heteroatoms. The molecule has 0 amide bonds. The lowest BCUT2D eigenvalue weighted by atomic mass is 9.89. The van der Waals surface area contributed by atoms with Gasteiger partial charge in [-0.05, 0) is 18.8 Å². The summed E-state index contributed by atoms with van der Waals surface area (Å²) in [5.74, 6) is 2.17. The molecule has 0 saturated heterocycles. The Kier molecular flexibility index (Phi) is 3.74. The molecule has 0 aliphatic heterocycles. The number of nitrogens with two attached hydrogens (primary N) is 1. The molecule has 0 bridgehead atoms. The minimum atomic E-state index is 0.295. The first-order valence-corrected chi connectivity index (χ1v) is 8.07. The first kappa shape index (κ1) is 13.5. The van der Waals surface area contributed by atoms with E-state index >= 15 is 0 Å². The lowest BCUT2D eigenvalue weighted by molar-refractivity contribution is 0.385. The largest absolute Gasteiger partial charge is 0.375 e. The lowest BCUT2D eigenvalue weighted by Gasteiger charge is -2.17. The smallest absolute Gasteiger partial charge is 0.270 e. The fourth-order valence-electron chi connectivity index (χ4n) is 2.75. The van der Waals surface area contributed by atoms with Crippen LogP contribution < -0.4 is 5.73 Å². The van der Waals surface area contributed by atoms with Crippen LogP contribution >= 0.6 is 11.3 Å². The van der Waals surface area contributed by atoms with E-state index in [-0.39, 0.29) is 0 Å². The van der Waals surface area contributed by atoms with Crippen LogP contribution in [0.2, 0.25) is 0 Å². The monoisotopic (exact) mass is 292 g/mol. The van der Waals surface area contributed by atoms with Gasteiger partial charge in [0.1, 0.15) is 4.88 Å². The molecular weight excluding hydrogens is 272 g/mol. The highest BCUT2D eigenvalue weighted by atomic mass is 32.1. The molecule has 3 rings (SSSR count). The maximum absolute atomic E-state index is 5.82. The highest BCUT2D eigenvalue weighted by molar-refractivity contribution is 7.18. The fourth-order valence-corrected chi connectivity index (χ4v) is 3.66. The maximum atomic E-state index is 5.82. The Morgan fingerprint density at radius 3 is 2.65 bits per heavy atom. The maximum Gasteiger partial charge on any atom is 0.270 e. The predicted octanol–water partition coefficient (Wildman–Crippen LogP) is 3.95. The Morgan fingerprint density at radius 2 is 1.95 bits per heavy atom. The molecule has 1 aliphatic rings. The Bertz CT molecular complexity index is 584. The minimum Gasteiger partial charge on any atom is -0.375 e. The Morgan fingerprint density at radius 1 is 1.20 bits per heavy atom. The topological polar surface area (TPSA) is 77.8 Å². The average molecular weight is 292 g/mol. The van der Waals surface area contributed by atoms with Crippen molar-refractivity contribution in [1.82, 2.24) is 15.1 Å². The molecule has 2 aromatic heterocycles. The van der Waals surface area contributed by atoms with Crippen molar-refractivity contribution in [3.05, 3.63) is 11.5 Å². The summed E-state index contributed by atoms with van der Waals surface area (Å²) in [6.45, 7) is 4.19. The molecule has 2 aromatic rings. The molecule has 1 fully saturated rings. The summed E-state index contributed by atoms with van der Waals surface area (Å²) >= 11 is 1.43. The first-order valence-electron chi connectivity index (χ1n) is 7.25. The summed E-state index contributed by atoms with van der Waals surface area (Å²) in [7, 11) is 0. The standard InChI is InChI=1S/C14H20N4OS/c1-8(2)10-11(20-14(15)16-10)13-17-12(18-19-13)9-6-4-3-5-7-9/h8-9H,3-7H2,1-2H3,(H2,15,16). The fraction of sp³-hybridized carbons (Fsp3) is 0.643. The van der Waals surface area contributed by atoms with Crippen molar-refractivity contribution in [3.8, 4) is 10.8 Å². The molecule has 1 saturated carbocycles. The van der Waals surface area contributed by atoms with Gasteiger partial charge >= 0.3 is 0 Å². The summed E-state index contributed by atoms with van der Waals surface area (Å²) < 4.78 is 5.46. The van der Waals surface area contributed by atoms with Gasteiger partial charge in [0.2, 0.25) is 0 Å². The van der Waals surface area contributed by atoms with Gasteiger partial charge in [-0.1, -0.05) is 49.6 Å². The number of nitrogen functional groups attached to an aromatic ring is 1. The van der Waals surface area contributed by atoms with Crippen LogP contribution in [0.5, 0.6) is 0 Å². The van der Waals surface area contributed by atoms with Crippen molar-refractivity contribution in [3.63, 3.8) is 0 Å². The quantitative estimate of drug-likeness (QED) is 0.926. The van der Waals surface area contributed by atoms with Crippen molar-refractivity contribution < 1.29 is 4.52 Å². The number of thiazole rings is 1. The van der Waals surface area contributed by atoms with Crippen molar-refractivity contribution in [2.45, 2.75) is 57.8 Å². The second-order valence-electron chi connectivity index (χ2n) is 5.71. The zero-order valence-corrected chi connectivity index (χ0v) is 12.7. The van der Waals surface area contributed by atoms with Crippen molar-refractivity contribution in [2.75, 3.05) is 5.73 Å². The van der Waals surface area contributed by atoms with Crippen LogP contribution in [0.1, 0.15) is 69.3 Å². The molecule has 0 spiro atoms. The molecule has 0 aromatic carbocycles. The molecule has 20 heavy (non-hydrogen) atoms. The van der Waals surface area contributed by atoms with Gasteiger partial charge < -0.3 is 10.3 Å². The number of anilines is 1. The minimum absolute atomic E-state index is 0.295. The second kappa shape index (κ2) is 5.52. The van der Waals surface area contributed by atoms with Crippen molar-refractivity contribution in [1.29, 1.82) is 0 Å². The molecule has 0 atom stereocenters. The van der Waals surface area contributed by atoms with E-state index in [1.54, 1.807) is 0 Å². The second-order valence-corrected chi connectivity index (χ2v) is 6.74. The van der Waals surface area contributed by atoms with Crippen molar-refractivity contribution in [2.24, 2.45) is 0 Å². The van der Waals surface area contributed by atoms with Gasteiger partial charge in [-0.2, -0.15) is 4.98 Å². The van der Waals surface area contributed by atoms with E-state index in [4.69, 9.17) is 10.3 Å². The van der Waals surface area contributed by atoms with E-state index in [0.717, 1.165) is 16.4 Å². The van der Waals surface area contributed by atoms with Crippen molar-refractivity contribution >= 4 is 16.5 Å². The third-order valence-corrected chi connectivity index (χ3v) is 4.71. The SMILES string of the molecule is CC(C)c1nc(N)sc1-c1nc(C2CCCCC2)no1. The van der Waals surface area contributed by atoms with E-state index in [0.29, 0.717) is 22.9 Å². The number of nitrogens with zero attached hydrogens (tertiary/aromatic N) is 3. The van der Waals surface area contributed by atoms with E-state index in [9.17, 15) is 0 Å². The summed E-state index contributed by atoms with van der Waals surface area (Å²) in [6.07, 6.45) is 6.18. The van der Waals surface area contributed by atoms with Gasteiger partial charge in [-0.15, -0.1) is 0 Å². The zero-order valence-electron chi connectivity index (χ0n) is 11.9. The Hall–Kier alpha value is -1.43. The highest BCUT2D eigenvalue weighted by Crippen LogP contribution is 2.37. The van der Waals surface area contributed by atoms with Crippen LogP contribution in [0.25, 0.3) is 10.8 Å². The van der Waals surface area contributed by atoms with Gasteiger partial charge in [0.25, 0.3) is 5.89 Å². The van der Waals surface area contributed by atoms with Crippen LogP contribution in [0.15, 0.2) is 4.52 Å². The van der Waals surface area contributed by atoms with Crippen LogP contribution in [0.3, 0.4) is 0 Å². The Balaban J connectivity index is 1.89. The number of aromatic nitrogens is 3. The molecule has 1 aliphatic carbocycles. The summed E-state index contributed by atoms with van der Waals surface area (Å²) in [5, 5.41) is 4.73. The normalized spacial score (nSPS) is 16.9. The molecule has 0 radical (unpaired) electrons. The van der Waals surface area contributed by atoms with E-state index < -0.39 is 0 Å². The van der Waals surface area contributed by atoms with Crippen LogP contribution in [-0.4, -0.2) is 15.1 Å². The number of rotatable bonds is 3. The molecule has 5 nitrogen and oxygen atoms in total. The van der Waals surface area contributed by atoms with Gasteiger partial charge in [-0.25, -0.2) is 4.98 Å². The molecule has 2 N–H and O–H groups in total. The van der Waals surface area contributed by atoms with Crippen LogP contribution in [-0.2, 0) is 0 Å². The number of hydrogen-bond acceptors (Lipinski definition) is 6. The first-order chi connectivity index (χ1) is 9.65. The van der Waals surface area contributed by atoms with E-state index in [2.05, 4.69) is 29.0 Å². The number of hydrogen-bond donors (Lipinski definition) is 1. The van der Waals surface area contributed by atoms with Gasteiger partial charge in [-0.3, -0.25) is 0 Å². The Labute approximate surface area is 122 Å². The van der Waals surface area contributed by atoms with Gasteiger partial charge in [0.15, 0.2) is 11.0 Å². The average Bonchev–Trinajstić information content (AvgIpc) is 3.06. The third kappa shape index (κ3) is 2.57. The molecule has 0 unspecified atom stereocenters. The summed E-state index contributed by atoms with van der Waals surface area (Å²) in [6, 6.07) is 0. The third-order valence-electron chi connectivity index (χ3n) is 3.82. The van der Waals surface area contributed by atoms with Gasteiger partial charge in [0.05, 0.1) is 5.69 Å². The molecular formula is C14H20N4OS.